The standard InChI is InChI=1S/C50H45N3O/c1-31-16-18-35(19-17-31)37-22-23-51-45(30-37)39-27-38(28-40(29-39)50(5,6)7)43-14-11-15-46-47(43)52-49(44-25-32(2)24-34(4)48(44)54)53(46)41-20-21-42(33(3)26-41)36-12-9-8-10-13-36/h8-30,54H,1-7H3/i1D3,16D,17D,18D,19D,22D,23D,30D. The van der Waals surface area contributed by atoms with Crippen LogP contribution in [0.4, 0.5) is 0 Å². The molecule has 2 heterocycles. The predicted molar refractivity (Wildman–Crippen MR) is 225 cm³/mol. The van der Waals surface area contributed by atoms with Crippen LogP contribution in [0.15, 0.2) is 139 Å². The average molecular weight is 714 g/mol. The predicted octanol–water partition coefficient (Wildman–Crippen LogP) is 13.0. The first kappa shape index (κ1) is 24.9. The topological polar surface area (TPSA) is 50.9 Å². The second-order valence-corrected chi connectivity index (χ2v) is 14.8. The fourth-order valence-electron chi connectivity index (χ4n) is 7.00. The molecule has 1 N–H and O–H groups in total. The fraction of sp³-hybridized carbons (Fsp3) is 0.160. The van der Waals surface area contributed by atoms with Crippen LogP contribution in [0.1, 0.15) is 62.3 Å². The van der Waals surface area contributed by atoms with Crippen LogP contribution in [-0.2, 0) is 5.41 Å². The zero-order valence-corrected chi connectivity index (χ0v) is 31.0. The molecule has 54 heavy (non-hydrogen) atoms. The van der Waals surface area contributed by atoms with E-state index in [1.54, 1.807) is 0 Å². The van der Waals surface area contributed by atoms with E-state index in [4.69, 9.17) is 17.3 Å². The summed E-state index contributed by atoms with van der Waals surface area (Å²) in [6, 6.07) is 27.7. The lowest BCUT2D eigenvalue weighted by Crippen LogP contribution is -2.11. The number of hydrogen-bond acceptors (Lipinski definition) is 3. The fourth-order valence-corrected chi connectivity index (χ4v) is 7.00. The van der Waals surface area contributed by atoms with Gasteiger partial charge >= 0.3 is 0 Å². The third kappa shape index (κ3) is 6.49. The lowest BCUT2D eigenvalue weighted by atomic mass is 9.83. The van der Waals surface area contributed by atoms with Crippen molar-refractivity contribution in [1.29, 1.82) is 0 Å². The summed E-state index contributed by atoms with van der Waals surface area (Å²) < 4.78 is 87.4. The Morgan fingerprint density at radius 1 is 0.648 bits per heavy atom. The largest absolute Gasteiger partial charge is 0.507 e. The number of fused-ring (bicyclic) bond motifs is 1. The molecule has 8 aromatic rings. The molecule has 266 valence electrons. The zero-order valence-electron chi connectivity index (χ0n) is 41.0. The molecule has 0 radical (unpaired) electrons. The van der Waals surface area contributed by atoms with E-state index in [1.807, 2.05) is 112 Å². The van der Waals surface area contributed by atoms with Crippen molar-refractivity contribution in [1.82, 2.24) is 14.5 Å². The van der Waals surface area contributed by atoms with Gasteiger partial charge in [0.25, 0.3) is 0 Å². The highest BCUT2D eigenvalue weighted by atomic mass is 16.3. The Hall–Kier alpha value is -6.26. The van der Waals surface area contributed by atoms with E-state index in [9.17, 15) is 6.48 Å². The highest BCUT2D eigenvalue weighted by Crippen LogP contribution is 2.41. The van der Waals surface area contributed by atoms with Gasteiger partial charge in [0.05, 0.1) is 31.9 Å². The smallest absolute Gasteiger partial charge is 0.149 e. The first-order valence-electron chi connectivity index (χ1n) is 22.8. The van der Waals surface area contributed by atoms with Gasteiger partial charge in [-0.2, -0.15) is 0 Å². The number of hydrogen-bond donors (Lipinski definition) is 1. The van der Waals surface area contributed by atoms with E-state index in [-0.39, 0.29) is 17.0 Å². The van der Waals surface area contributed by atoms with Crippen LogP contribution >= 0.6 is 0 Å². The summed E-state index contributed by atoms with van der Waals surface area (Å²) in [6.45, 7) is 9.05. The molecule has 0 aliphatic carbocycles. The minimum atomic E-state index is -2.95. The number of benzene rings is 6. The lowest BCUT2D eigenvalue weighted by Gasteiger charge is -2.22. The maximum Gasteiger partial charge on any atom is 0.149 e. The van der Waals surface area contributed by atoms with Gasteiger partial charge < -0.3 is 5.11 Å². The Morgan fingerprint density at radius 3 is 2.17 bits per heavy atom. The molecule has 0 fully saturated rings. The quantitative estimate of drug-likeness (QED) is 0.187. The van der Waals surface area contributed by atoms with Crippen molar-refractivity contribution in [2.24, 2.45) is 0 Å². The van der Waals surface area contributed by atoms with Crippen LogP contribution in [-0.4, -0.2) is 19.6 Å². The molecule has 0 bridgehead atoms. The summed E-state index contributed by atoms with van der Waals surface area (Å²) in [5.41, 5.74) is 8.25. The number of aromatic hydroxyl groups is 1. The molecule has 6 aromatic carbocycles. The van der Waals surface area contributed by atoms with E-state index in [0.29, 0.717) is 33.6 Å². The first-order chi connectivity index (χ1) is 30.1. The summed E-state index contributed by atoms with van der Waals surface area (Å²) in [7, 11) is 0. The van der Waals surface area contributed by atoms with Gasteiger partial charge in [-0.3, -0.25) is 9.55 Å². The van der Waals surface area contributed by atoms with Crippen molar-refractivity contribution < 1.29 is 18.8 Å². The number of imidazole rings is 1. The maximum absolute atomic E-state index is 11.6. The van der Waals surface area contributed by atoms with Crippen molar-refractivity contribution in [3.05, 3.63) is 167 Å². The van der Waals surface area contributed by atoms with Gasteiger partial charge in [0, 0.05) is 27.1 Å². The van der Waals surface area contributed by atoms with E-state index in [1.165, 1.54) is 0 Å². The first-order valence-corrected chi connectivity index (χ1v) is 17.8. The minimum absolute atomic E-state index is 0.0346. The molecule has 0 saturated heterocycles. The Morgan fingerprint density at radius 2 is 1.43 bits per heavy atom. The Bertz CT molecular complexity index is 3180. The lowest BCUT2D eigenvalue weighted by molar-refractivity contribution is 0.472. The zero-order chi connectivity index (χ0) is 46.3. The molecular weight excluding hydrogens is 659 g/mol. The monoisotopic (exact) mass is 713 g/mol. The number of rotatable bonds is 6. The van der Waals surface area contributed by atoms with Crippen molar-refractivity contribution in [3.63, 3.8) is 0 Å². The van der Waals surface area contributed by atoms with E-state index in [0.717, 1.165) is 44.6 Å². The SMILES string of the molecule is [2H]c1nc(-c2cc(-c3cccc4c3nc(-c3cc(C)cc(C)c3O)n4-c3ccc(-c4ccccc4)c(C)c3)cc(C(C)(C)C)c2)c([2H])c(-c2c([2H])c([2H])c(C([2H])([2H])[2H])c([2H])c2[2H])c1[2H]. The van der Waals surface area contributed by atoms with Crippen molar-refractivity contribution in [2.45, 2.75) is 53.8 Å². The summed E-state index contributed by atoms with van der Waals surface area (Å²) in [5, 5.41) is 11.6. The normalized spacial score (nSPS) is 14.6. The summed E-state index contributed by atoms with van der Waals surface area (Å²) in [4.78, 5) is 9.73. The molecular formula is C50H45N3O. The molecule has 4 heteroatoms. The Labute approximate surface area is 332 Å². The Balaban J connectivity index is 1.39. The number of aromatic nitrogens is 3. The van der Waals surface area contributed by atoms with Gasteiger partial charge in [-0.15, -0.1) is 0 Å². The number of phenolic OH excluding ortho intramolecular Hbond substituents is 1. The number of pyridine rings is 1. The van der Waals surface area contributed by atoms with Crippen LogP contribution in [0.25, 0.3) is 72.7 Å². The van der Waals surface area contributed by atoms with Crippen LogP contribution in [0.3, 0.4) is 0 Å². The van der Waals surface area contributed by atoms with Gasteiger partial charge in [-0.25, -0.2) is 4.98 Å². The third-order valence-corrected chi connectivity index (χ3v) is 9.77. The number of para-hydroxylation sites is 1. The summed E-state index contributed by atoms with van der Waals surface area (Å²) in [6.07, 6.45) is -0.562. The molecule has 0 aliphatic rings. The minimum Gasteiger partial charge on any atom is -0.507 e. The maximum atomic E-state index is 11.6. The van der Waals surface area contributed by atoms with Crippen molar-refractivity contribution >= 4 is 11.0 Å². The second-order valence-electron chi connectivity index (χ2n) is 14.8. The van der Waals surface area contributed by atoms with Crippen molar-refractivity contribution in [3.8, 4) is 67.5 Å². The van der Waals surface area contributed by atoms with Gasteiger partial charge in [0.2, 0.25) is 0 Å². The third-order valence-electron chi connectivity index (χ3n) is 9.77. The molecule has 0 spiro atoms. The van der Waals surface area contributed by atoms with Crippen LogP contribution in [0.2, 0.25) is 0 Å². The molecule has 0 saturated carbocycles. The van der Waals surface area contributed by atoms with Gasteiger partial charge in [0.15, 0.2) is 0 Å². The summed E-state index contributed by atoms with van der Waals surface area (Å²) >= 11 is 0. The van der Waals surface area contributed by atoms with Crippen LogP contribution in [0.5, 0.6) is 5.75 Å². The van der Waals surface area contributed by atoms with Crippen molar-refractivity contribution in [2.75, 3.05) is 0 Å². The number of aryl methyl sites for hydroxylation is 3. The highest BCUT2D eigenvalue weighted by molar-refractivity contribution is 5.97. The van der Waals surface area contributed by atoms with Gasteiger partial charge in [-0.1, -0.05) is 111 Å². The molecule has 0 atom stereocenters. The average Bonchev–Trinajstić information content (AvgIpc) is 3.63. The van der Waals surface area contributed by atoms with Crippen LogP contribution < -0.4 is 0 Å². The molecule has 4 nitrogen and oxygen atoms in total. The van der Waals surface area contributed by atoms with E-state index < -0.39 is 65.8 Å². The second kappa shape index (κ2) is 13.6. The van der Waals surface area contributed by atoms with Gasteiger partial charge in [-0.05, 0) is 132 Å². The highest BCUT2D eigenvalue weighted by Gasteiger charge is 2.23. The molecule has 0 amide bonds. The van der Waals surface area contributed by atoms with E-state index in [2.05, 4.69) is 36.2 Å². The van der Waals surface area contributed by atoms with Gasteiger partial charge in [0.1, 0.15) is 11.6 Å². The Kier molecular flexibility index (Phi) is 6.28. The van der Waals surface area contributed by atoms with E-state index >= 15 is 0 Å². The molecule has 0 aliphatic heterocycles. The summed E-state index contributed by atoms with van der Waals surface area (Å²) in [5.74, 6) is 0.641. The molecule has 2 aromatic heterocycles. The van der Waals surface area contributed by atoms with Crippen LogP contribution in [0, 0.1) is 27.6 Å². The molecule has 0 unspecified atom stereocenters. The number of phenols is 1. The molecule has 8 rings (SSSR count). The number of nitrogens with zero attached hydrogens (tertiary/aromatic N) is 3.